The Hall–Kier alpha value is -1.30. The first-order valence-electron chi connectivity index (χ1n) is 3.49. The van der Waals surface area contributed by atoms with Gasteiger partial charge in [-0.2, -0.15) is 5.26 Å². The average molecular weight is 152 g/mol. The molecule has 0 unspecified atom stereocenters. The lowest BCUT2D eigenvalue weighted by Crippen LogP contribution is -2.16. The van der Waals surface area contributed by atoms with Gasteiger partial charge in [0.1, 0.15) is 0 Å². The predicted molar refractivity (Wildman–Crippen MR) is 42.4 cm³/mol. The number of nitriles is 1. The summed E-state index contributed by atoms with van der Waals surface area (Å²) in [6.45, 7) is 5.79. The van der Waals surface area contributed by atoms with Gasteiger partial charge in [0.05, 0.1) is 6.07 Å². The van der Waals surface area contributed by atoms with Crippen LogP contribution in [0.4, 0.5) is 0 Å². The molecule has 0 spiro atoms. The molecule has 1 aliphatic heterocycles. The molecule has 3 heteroatoms. The summed E-state index contributed by atoms with van der Waals surface area (Å²) in [5, 5.41) is 7.32. The Morgan fingerprint density at radius 2 is 2.36 bits per heavy atom. The molecular formula is C8H12N2O. The summed E-state index contributed by atoms with van der Waals surface area (Å²) in [5.74, 6) is 0.208. The number of nitrogens with zero attached hydrogens (tertiary/aromatic N) is 2. The van der Waals surface area contributed by atoms with E-state index in [0.29, 0.717) is 6.42 Å². The molecular weight excluding hydrogens is 140 g/mol. The summed E-state index contributed by atoms with van der Waals surface area (Å²) in [4.78, 5) is 12.3. The molecule has 0 aliphatic carbocycles. The molecule has 1 aliphatic rings. The third kappa shape index (κ3) is 3.41. The Labute approximate surface area is 66.9 Å². The lowest BCUT2D eigenvalue weighted by molar-refractivity contribution is -0.125. The van der Waals surface area contributed by atoms with Gasteiger partial charge in [-0.05, 0) is 12.6 Å². The largest absolute Gasteiger partial charge is 0.320 e. The number of hydrogen-bond acceptors (Lipinski definition) is 2. The van der Waals surface area contributed by atoms with Gasteiger partial charge in [-0.25, -0.2) is 0 Å². The highest BCUT2D eigenvalue weighted by Crippen LogP contribution is 2.08. The third-order valence-corrected chi connectivity index (χ3v) is 1.33. The van der Waals surface area contributed by atoms with Crippen molar-refractivity contribution in [2.75, 3.05) is 6.54 Å². The highest BCUT2D eigenvalue weighted by atomic mass is 16.2. The Balaban J connectivity index is 0.000000292. The summed E-state index contributed by atoms with van der Waals surface area (Å²) in [7, 11) is 0. The monoisotopic (exact) mass is 152 g/mol. The van der Waals surface area contributed by atoms with Gasteiger partial charge in [-0.1, -0.05) is 6.58 Å². The van der Waals surface area contributed by atoms with E-state index in [2.05, 4.69) is 6.58 Å². The molecule has 0 bridgehead atoms. The van der Waals surface area contributed by atoms with Gasteiger partial charge in [0.25, 0.3) is 0 Å². The minimum absolute atomic E-state index is 0.208. The normalized spacial score (nSPS) is 14.9. The van der Waals surface area contributed by atoms with Crippen LogP contribution < -0.4 is 0 Å². The van der Waals surface area contributed by atoms with Crippen LogP contribution in [0.25, 0.3) is 0 Å². The van der Waals surface area contributed by atoms with E-state index in [0.717, 1.165) is 13.0 Å². The van der Waals surface area contributed by atoms with Crippen LogP contribution >= 0.6 is 0 Å². The van der Waals surface area contributed by atoms with Crippen molar-refractivity contribution in [3.8, 4) is 6.07 Å². The van der Waals surface area contributed by atoms with E-state index in [4.69, 9.17) is 5.26 Å². The van der Waals surface area contributed by atoms with E-state index in [9.17, 15) is 4.79 Å². The van der Waals surface area contributed by atoms with Crippen LogP contribution in [0.1, 0.15) is 19.8 Å². The molecule has 1 fully saturated rings. The fraction of sp³-hybridized carbons (Fsp3) is 0.500. The molecule has 0 radical (unpaired) electrons. The molecule has 1 rings (SSSR count). The minimum atomic E-state index is 0.208. The number of amides is 1. The summed E-state index contributed by atoms with van der Waals surface area (Å²) in [6.07, 6.45) is 3.28. The maximum Gasteiger partial charge on any atom is 0.226 e. The molecule has 0 aromatic heterocycles. The van der Waals surface area contributed by atoms with Gasteiger partial charge in [0.2, 0.25) is 5.91 Å². The van der Waals surface area contributed by atoms with Crippen LogP contribution in [-0.2, 0) is 4.79 Å². The molecule has 0 aromatic carbocycles. The molecule has 1 heterocycles. The highest BCUT2D eigenvalue weighted by Gasteiger charge is 2.15. The zero-order valence-electron chi connectivity index (χ0n) is 6.71. The average Bonchev–Trinajstić information content (AvgIpc) is 2.36. The molecule has 0 atom stereocenters. The molecule has 1 saturated heterocycles. The Morgan fingerprint density at radius 1 is 1.82 bits per heavy atom. The first-order valence-corrected chi connectivity index (χ1v) is 3.49. The Kier molecular flexibility index (Phi) is 4.83. The van der Waals surface area contributed by atoms with Crippen molar-refractivity contribution in [2.24, 2.45) is 0 Å². The van der Waals surface area contributed by atoms with Crippen LogP contribution in [0.5, 0.6) is 0 Å². The number of carbonyl (C=O) groups excluding carboxylic acids is 1. The summed E-state index contributed by atoms with van der Waals surface area (Å²) < 4.78 is 0. The van der Waals surface area contributed by atoms with Crippen LogP contribution in [0.2, 0.25) is 0 Å². The van der Waals surface area contributed by atoms with E-state index in [1.165, 1.54) is 6.92 Å². The number of rotatable bonds is 1. The maximum absolute atomic E-state index is 10.7. The smallest absolute Gasteiger partial charge is 0.226 e. The van der Waals surface area contributed by atoms with Crippen molar-refractivity contribution in [1.29, 1.82) is 5.26 Å². The van der Waals surface area contributed by atoms with Crippen molar-refractivity contribution >= 4 is 5.91 Å². The second-order valence-electron chi connectivity index (χ2n) is 2.10. The van der Waals surface area contributed by atoms with Crippen molar-refractivity contribution in [2.45, 2.75) is 19.8 Å². The molecule has 60 valence electrons. The fourth-order valence-corrected chi connectivity index (χ4v) is 0.862. The van der Waals surface area contributed by atoms with Gasteiger partial charge >= 0.3 is 0 Å². The molecule has 1 amide bonds. The predicted octanol–water partition coefficient (Wildman–Crippen LogP) is 1.28. The standard InChI is InChI=1S/C6H9NO.C2H3N/c1-2-7-5-3-4-6(7)8;1-2-3/h2H,1,3-5H2;1H3. The van der Waals surface area contributed by atoms with Gasteiger partial charge in [-0.3, -0.25) is 4.79 Å². The van der Waals surface area contributed by atoms with Crippen LogP contribution in [-0.4, -0.2) is 17.4 Å². The van der Waals surface area contributed by atoms with E-state index in [1.807, 2.05) is 0 Å². The van der Waals surface area contributed by atoms with E-state index in [-0.39, 0.29) is 5.91 Å². The molecule has 3 nitrogen and oxygen atoms in total. The number of likely N-dealkylation sites (tertiary alicyclic amines) is 1. The van der Waals surface area contributed by atoms with Crippen molar-refractivity contribution in [3.63, 3.8) is 0 Å². The lowest BCUT2D eigenvalue weighted by Gasteiger charge is -2.05. The zero-order valence-corrected chi connectivity index (χ0v) is 6.71. The van der Waals surface area contributed by atoms with Crippen LogP contribution in [0, 0.1) is 11.3 Å². The lowest BCUT2D eigenvalue weighted by atomic mass is 10.4. The molecule has 11 heavy (non-hydrogen) atoms. The Morgan fingerprint density at radius 3 is 2.55 bits per heavy atom. The van der Waals surface area contributed by atoms with E-state index in [1.54, 1.807) is 17.2 Å². The molecule has 0 aromatic rings. The summed E-state index contributed by atoms with van der Waals surface area (Å²) in [5.41, 5.74) is 0. The van der Waals surface area contributed by atoms with Gasteiger partial charge in [0, 0.05) is 19.9 Å². The number of carbonyl (C=O) groups is 1. The highest BCUT2D eigenvalue weighted by molar-refractivity contribution is 5.78. The first kappa shape index (κ1) is 9.70. The van der Waals surface area contributed by atoms with Crippen molar-refractivity contribution in [1.82, 2.24) is 4.90 Å². The summed E-state index contributed by atoms with van der Waals surface area (Å²) in [6, 6.07) is 1.75. The third-order valence-electron chi connectivity index (χ3n) is 1.33. The Bertz CT molecular complexity index is 181. The van der Waals surface area contributed by atoms with Gasteiger partial charge < -0.3 is 4.90 Å². The van der Waals surface area contributed by atoms with Gasteiger partial charge in [0.15, 0.2) is 0 Å². The van der Waals surface area contributed by atoms with E-state index < -0.39 is 0 Å². The maximum atomic E-state index is 10.7. The van der Waals surface area contributed by atoms with E-state index >= 15 is 0 Å². The zero-order chi connectivity index (χ0) is 8.69. The number of hydrogen-bond donors (Lipinski definition) is 0. The summed E-state index contributed by atoms with van der Waals surface area (Å²) >= 11 is 0. The molecule has 0 N–H and O–H groups in total. The van der Waals surface area contributed by atoms with Crippen molar-refractivity contribution < 1.29 is 4.79 Å². The second kappa shape index (κ2) is 5.48. The van der Waals surface area contributed by atoms with Crippen LogP contribution in [0.3, 0.4) is 0 Å². The van der Waals surface area contributed by atoms with Gasteiger partial charge in [-0.15, -0.1) is 0 Å². The quantitative estimate of drug-likeness (QED) is 0.568. The fourth-order valence-electron chi connectivity index (χ4n) is 0.862. The second-order valence-corrected chi connectivity index (χ2v) is 2.10. The molecule has 0 saturated carbocycles. The topological polar surface area (TPSA) is 44.1 Å². The first-order chi connectivity index (χ1) is 5.26. The minimum Gasteiger partial charge on any atom is -0.320 e. The van der Waals surface area contributed by atoms with Crippen LogP contribution in [0.15, 0.2) is 12.8 Å². The van der Waals surface area contributed by atoms with Crippen molar-refractivity contribution in [3.05, 3.63) is 12.8 Å². The SMILES string of the molecule is C=CN1CCCC1=O.CC#N.